The summed E-state index contributed by atoms with van der Waals surface area (Å²) in [7, 11) is 1.68. The predicted octanol–water partition coefficient (Wildman–Crippen LogP) is 1.78. The molecule has 0 bridgehead atoms. The second-order valence-electron chi connectivity index (χ2n) is 4.81. The van der Waals surface area contributed by atoms with E-state index in [0.717, 1.165) is 17.5 Å². The molecule has 0 fully saturated rings. The van der Waals surface area contributed by atoms with E-state index in [1.54, 1.807) is 7.05 Å². The first-order chi connectivity index (χ1) is 9.56. The highest BCUT2D eigenvalue weighted by Gasteiger charge is 2.17. The Morgan fingerprint density at radius 2 is 2.30 bits per heavy atom. The highest BCUT2D eigenvalue weighted by Crippen LogP contribution is 2.16. The van der Waals surface area contributed by atoms with E-state index >= 15 is 0 Å². The molecule has 0 aromatic heterocycles. The van der Waals surface area contributed by atoms with Crippen LogP contribution in [0.1, 0.15) is 24.0 Å². The van der Waals surface area contributed by atoms with Crippen molar-refractivity contribution in [2.75, 3.05) is 13.6 Å². The number of nitrogens with zero attached hydrogens (tertiary/aromatic N) is 1. The maximum Gasteiger partial charge on any atom is 0.306 e. The molecule has 1 rings (SSSR count). The summed E-state index contributed by atoms with van der Waals surface area (Å²) in [5.41, 5.74) is 1.68. The topological polar surface area (TPSA) is 57.6 Å². The number of hydrogen-bond donors (Lipinski definition) is 1. The molecule has 0 spiro atoms. The fourth-order valence-electron chi connectivity index (χ4n) is 2.03. The van der Waals surface area contributed by atoms with E-state index in [4.69, 9.17) is 6.42 Å². The first kappa shape index (κ1) is 15.8. The van der Waals surface area contributed by atoms with E-state index in [-0.39, 0.29) is 0 Å². The molecule has 0 heterocycles. The molecule has 20 heavy (non-hydrogen) atoms. The molecule has 0 saturated heterocycles. The minimum Gasteiger partial charge on any atom is -0.481 e. The van der Waals surface area contributed by atoms with Crippen molar-refractivity contribution >= 4 is 12.4 Å². The first-order valence-electron chi connectivity index (χ1n) is 6.50. The van der Waals surface area contributed by atoms with Crippen LogP contribution < -0.4 is 0 Å². The van der Waals surface area contributed by atoms with Crippen molar-refractivity contribution in [3.05, 3.63) is 35.4 Å². The largest absolute Gasteiger partial charge is 0.481 e. The van der Waals surface area contributed by atoms with E-state index in [9.17, 15) is 14.7 Å². The van der Waals surface area contributed by atoms with Crippen LogP contribution in [0.4, 0.5) is 0 Å². The monoisotopic (exact) mass is 273 g/mol. The third kappa shape index (κ3) is 5.15. The van der Waals surface area contributed by atoms with Crippen LogP contribution in [0.15, 0.2) is 24.3 Å². The summed E-state index contributed by atoms with van der Waals surface area (Å²) in [5.74, 6) is 1.27. The Bertz CT molecular complexity index is 505. The smallest absolute Gasteiger partial charge is 0.306 e. The van der Waals surface area contributed by atoms with E-state index in [1.165, 1.54) is 4.90 Å². The maximum absolute atomic E-state index is 11.3. The number of amides is 1. The fourth-order valence-corrected chi connectivity index (χ4v) is 2.03. The van der Waals surface area contributed by atoms with Gasteiger partial charge in [-0.05, 0) is 37.0 Å². The van der Waals surface area contributed by atoms with Crippen molar-refractivity contribution in [3.63, 3.8) is 0 Å². The minimum absolute atomic E-state index is 0.454. The van der Waals surface area contributed by atoms with Gasteiger partial charge in [0.2, 0.25) is 6.41 Å². The highest BCUT2D eigenvalue weighted by molar-refractivity contribution is 5.70. The van der Waals surface area contributed by atoms with Gasteiger partial charge in [0.05, 0.1) is 5.92 Å². The van der Waals surface area contributed by atoms with E-state index < -0.39 is 11.9 Å². The van der Waals surface area contributed by atoms with Gasteiger partial charge in [-0.15, -0.1) is 6.42 Å². The lowest BCUT2D eigenvalue weighted by atomic mass is 9.94. The number of terminal acetylenes is 1. The minimum atomic E-state index is -0.815. The number of hydrogen-bond acceptors (Lipinski definition) is 2. The molecule has 106 valence electrons. The molecule has 1 aromatic carbocycles. The quantitative estimate of drug-likeness (QED) is 0.580. The molecule has 0 aliphatic carbocycles. The number of carboxylic acid groups (broad SMARTS) is 1. The van der Waals surface area contributed by atoms with Crippen LogP contribution in [0.3, 0.4) is 0 Å². The van der Waals surface area contributed by atoms with Gasteiger partial charge >= 0.3 is 5.97 Å². The van der Waals surface area contributed by atoms with Gasteiger partial charge in [0.25, 0.3) is 0 Å². The van der Waals surface area contributed by atoms with Gasteiger partial charge in [0, 0.05) is 19.2 Å². The Balaban J connectivity index is 2.60. The molecule has 0 aliphatic heterocycles. The molecule has 1 amide bonds. The van der Waals surface area contributed by atoms with Crippen LogP contribution in [0, 0.1) is 18.3 Å². The fraction of sp³-hybridized carbons (Fsp3) is 0.375. The highest BCUT2D eigenvalue weighted by atomic mass is 16.4. The normalized spacial score (nSPS) is 11.4. The summed E-state index contributed by atoms with van der Waals surface area (Å²) in [6.45, 7) is 0.567. The van der Waals surface area contributed by atoms with Gasteiger partial charge in [-0.3, -0.25) is 9.59 Å². The van der Waals surface area contributed by atoms with Crippen molar-refractivity contribution < 1.29 is 14.7 Å². The SMILES string of the molecule is C#Cc1cccc(CC(CCCN(C)C=O)C(=O)O)c1. The standard InChI is InChI=1S/C16H19NO3/c1-3-13-6-4-7-14(10-13)11-15(16(19)20)8-5-9-17(2)12-18/h1,4,6-7,10,12,15H,5,8-9,11H2,2H3,(H,19,20). The molecular formula is C16H19NO3. The molecule has 1 N–H and O–H groups in total. The third-order valence-electron chi connectivity index (χ3n) is 3.17. The van der Waals surface area contributed by atoms with Gasteiger partial charge in [-0.2, -0.15) is 0 Å². The van der Waals surface area contributed by atoms with Gasteiger partial charge in [-0.25, -0.2) is 0 Å². The average Bonchev–Trinajstić information content (AvgIpc) is 2.46. The van der Waals surface area contributed by atoms with Crippen molar-refractivity contribution in [1.29, 1.82) is 0 Å². The zero-order valence-electron chi connectivity index (χ0n) is 11.6. The van der Waals surface area contributed by atoms with Crippen molar-refractivity contribution in [2.45, 2.75) is 19.3 Å². The van der Waals surface area contributed by atoms with Crippen molar-refractivity contribution in [2.24, 2.45) is 5.92 Å². The van der Waals surface area contributed by atoms with Crippen LogP contribution in [-0.4, -0.2) is 36.0 Å². The van der Waals surface area contributed by atoms with Crippen LogP contribution in [0.5, 0.6) is 0 Å². The number of rotatable bonds is 8. The summed E-state index contributed by atoms with van der Waals surface area (Å²) in [5, 5.41) is 9.26. The summed E-state index contributed by atoms with van der Waals surface area (Å²) in [6, 6.07) is 7.38. The molecule has 0 saturated carbocycles. The lowest BCUT2D eigenvalue weighted by molar-refractivity contribution is -0.142. The lowest BCUT2D eigenvalue weighted by Crippen LogP contribution is -2.21. The number of aliphatic carboxylic acids is 1. The number of carbonyl (C=O) groups excluding carboxylic acids is 1. The third-order valence-corrected chi connectivity index (χ3v) is 3.17. The van der Waals surface area contributed by atoms with Crippen LogP contribution in [0.2, 0.25) is 0 Å². The van der Waals surface area contributed by atoms with E-state index in [1.807, 2.05) is 24.3 Å². The molecule has 1 atom stereocenters. The Hall–Kier alpha value is -2.28. The zero-order valence-corrected chi connectivity index (χ0v) is 11.6. The predicted molar refractivity (Wildman–Crippen MR) is 77.1 cm³/mol. The number of carbonyl (C=O) groups is 2. The maximum atomic E-state index is 11.3. The molecule has 0 aliphatic rings. The van der Waals surface area contributed by atoms with Crippen LogP contribution >= 0.6 is 0 Å². The lowest BCUT2D eigenvalue weighted by Gasteiger charge is -2.15. The molecule has 1 aromatic rings. The van der Waals surface area contributed by atoms with Gasteiger partial charge in [0.15, 0.2) is 0 Å². The van der Waals surface area contributed by atoms with E-state index in [2.05, 4.69) is 5.92 Å². The van der Waals surface area contributed by atoms with E-state index in [0.29, 0.717) is 25.8 Å². The Kier molecular flexibility index (Phi) is 6.31. The summed E-state index contributed by atoms with van der Waals surface area (Å²) < 4.78 is 0. The molecule has 4 nitrogen and oxygen atoms in total. The van der Waals surface area contributed by atoms with Crippen LogP contribution in [-0.2, 0) is 16.0 Å². The van der Waals surface area contributed by atoms with Gasteiger partial charge in [-0.1, -0.05) is 18.1 Å². The Morgan fingerprint density at radius 1 is 1.55 bits per heavy atom. The summed E-state index contributed by atoms with van der Waals surface area (Å²) >= 11 is 0. The van der Waals surface area contributed by atoms with Crippen molar-refractivity contribution in [3.8, 4) is 12.3 Å². The molecule has 4 heteroatoms. The summed E-state index contributed by atoms with van der Waals surface area (Å²) in [6.07, 6.45) is 7.73. The average molecular weight is 273 g/mol. The zero-order chi connectivity index (χ0) is 15.0. The van der Waals surface area contributed by atoms with Gasteiger partial charge < -0.3 is 10.0 Å². The number of benzene rings is 1. The van der Waals surface area contributed by atoms with Gasteiger partial charge in [0.1, 0.15) is 0 Å². The van der Waals surface area contributed by atoms with Crippen molar-refractivity contribution in [1.82, 2.24) is 4.90 Å². The second-order valence-corrected chi connectivity index (χ2v) is 4.81. The molecule has 0 radical (unpaired) electrons. The first-order valence-corrected chi connectivity index (χ1v) is 6.50. The second kappa shape index (κ2) is 8.00. The Morgan fingerprint density at radius 3 is 2.90 bits per heavy atom. The molecule has 1 unspecified atom stereocenters. The Labute approximate surface area is 119 Å². The van der Waals surface area contributed by atoms with Crippen LogP contribution in [0.25, 0.3) is 0 Å². The molecular weight excluding hydrogens is 254 g/mol. The summed E-state index contributed by atoms with van der Waals surface area (Å²) in [4.78, 5) is 23.3. The number of carboxylic acids is 1.